The molecule has 0 spiro atoms. The molecule has 3 rings (SSSR count). The number of anilines is 2. The number of hydrogen-bond donors (Lipinski definition) is 3. The predicted molar refractivity (Wildman–Crippen MR) is 81.5 cm³/mol. The van der Waals surface area contributed by atoms with Crippen molar-refractivity contribution in [2.24, 2.45) is 0 Å². The van der Waals surface area contributed by atoms with Crippen molar-refractivity contribution in [1.29, 1.82) is 0 Å². The van der Waals surface area contributed by atoms with Gasteiger partial charge in [0.2, 0.25) is 5.91 Å². The first kappa shape index (κ1) is 13.5. The van der Waals surface area contributed by atoms with Crippen LogP contribution >= 0.6 is 0 Å². The first-order valence-electron chi connectivity index (χ1n) is 6.96. The number of aromatic nitrogens is 2. The number of rotatable bonds is 3. The second kappa shape index (κ2) is 5.88. The Labute approximate surface area is 122 Å². The van der Waals surface area contributed by atoms with Gasteiger partial charge in [0.15, 0.2) is 0 Å². The standard InChI is InChI=1S/C15H17N5O/c16-10-4-1-8-18-13(10)14-11(5-2-9-19-14)20-15(21)12-6-3-7-17-12/h1-2,4-5,8-9,12,17H,3,6-7,16H2,(H,20,21)/t12-/m0/s1. The molecule has 3 heterocycles. The lowest BCUT2D eigenvalue weighted by Gasteiger charge is -2.14. The number of amides is 1. The molecule has 21 heavy (non-hydrogen) atoms. The van der Waals surface area contributed by atoms with E-state index in [1.54, 1.807) is 30.6 Å². The van der Waals surface area contributed by atoms with Crippen molar-refractivity contribution in [3.05, 3.63) is 36.7 Å². The van der Waals surface area contributed by atoms with E-state index in [0.29, 0.717) is 22.8 Å². The van der Waals surface area contributed by atoms with Crippen LogP contribution in [0.1, 0.15) is 12.8 Å². The quantitative estimate of drug-likeness (QED) is 0.792. The molecule has 1 saturated heterocycles. The molecular weight excluding hydrogens is 266 g/mol. The average molecular weight is 283 g/mol. The van der Waals surface area contributed by atoms with E-state index in [-0.39, 0.29) is 11.9 Å². The molecule has 1 aliphatic rings. The monoisotopic (exact) mass is 283 g/mol. The van der Waals surface area contributed by atoms with Crippen molar-refractivity contribution in [2.45, 2.75) is 18.9 Å². The Balaban J connectivity index is 1.89. The van der Waals surface area contributed by atoms with Crippen molar-refractivity contribution in [3.63, 3.8) is 0 Å². The Kier molecular flexibility index (Phi) is 3.79. The zero-order valence-electron chi connectivity index (χ0n) is 11.5. The van der Waals surface area contributed by atoms with E-state index >= 15 is 0 Å². The molecule has 1 atom stereocenters. The average Bonchev–Trinajstić information content (AvgIpc) is 3.03. The van der Waals surface area contributed by atoms with E-state index in [4.69, 9.17) is 5.73 Å². The van der Waals surface area contributed by atoms with Crippen LogP contribution in [0.5, 0.6) is 0 Å². The molecule has 108 valence electrons. The summed E-state index contributed by atoms with van der Waals surface area (Å²) in [5, 5.41) is 6.09. The van der Waals surface area contributed by atoms with Gasteiger partial charge < -0.3 is 16.4 Å². The lowest BCUT2D eigenvalue weighted by molar-refractivity contribution is -0.117. The summed E-state index contributed by atoms with van der Waals surface area (Å²) in [6.45, 7) is 0.880. The number of nitrogens with zero attached hydrogens (tertiary/aromatic N) is 2. The number of carbonyl (C=O) groups excluding carboxylic acids is 1. The minimum Gasteiger partial charge on any atom is -0.397 e. The van der Waals surface area contributed by atoms with E-state index in [9.17, 15) is 4.79 Å². The molecule has 0 aliphatic carbocycles. The Morgan fingerprint density at radius 1 is 1.24 bits per heavy atom. The second-order valence-corrected chi connectivity index (χ2v) is 4.98. The number of nitrogens with two attached hydrogens (primary N) is 1. The van der Waals surface area contributed by atoms with Gasteiger partial charge in [-0.1, -0.05) is 0 Å². The van der Waals surface area contributed by atoms with Gasteiger partial charge in [0, 0.05) is 12.4 Å². The number of carbonyl (C=O) groups is 1. The van der Waals surface area contributed by atoms with Crippen LogP contribution in [0.15, 0.2) is 36.7 Å². The second-order valence-electron chi connectivity index (χ2n) is 4.98. The first-order chi connectivity index (χ1) is 10.3. The number of pyridine rings is 2. The highest BCUT2D eigenvalue weighted by atomic mass is 16.2. The predicted octanol–water partition coefficient (Wildman–Crippen LogP) is 1.42. The lowest BCUT2D eigenvalue weighted by atomic mass is 10.1. The highest BCUT2D eigenvalue weighted by Gasteiger charge is 2.23. The van der Waals surface area contributed by atoms with Crippen LogP contribution in [-0.4, -0.2) is 28.5 Å². The van der Waals surface area contributed by atoms with E-state index in [1.807, 2.05) is 6.07 Å². The summed E-state index contributed by atoms with van der Waals surface area (Å²) in [7, 11) is 0. The minimum absolute atomic E-state index is 0.0451. The topological polar surface area (TPSA) is 92.9 Å². The molecule has 0 unspecified atom stereocenters. The summed E-state index contributed by atoms with van der Waals surface area (Å²) in [6.07, 6.45) is 5.19. The van der Waals surface area contributed by atoms with Crippen LogP contribution < -0.4 is 16.4 Å². The van der Waals surface area contributed by atoms with Gasteiger partial charge in [0.05, 0.1) is 17.4 Å². The number of nitrogens with one attached hydrogen (secondary N) is 2. The van der Waals surface area contributed by atoms with Gasteiger partial charge in [-0.05, 0) is 43.7 Å². The fourth-order valence-electron chi connectivity index (χ4n) is 2.44. The van der Waals surface area contributed by atoms with Crippen LogP contribution in [0.25, 0.3) is 11.4 Å². The van der Waals surface area contributed by atoms with Crippen molar-refractivity contribution in [1.82, 2.24) is 15.3 Å². The fourth-order valence-corrected chi connectivity index (χ4v) is 2.44. The summed E-state index contributed by atoms with van der Waals surface area (Å²) < 4.78 is 0. The zero-order chi connectivity index (χ0) is 14.7. The highest BCUT2D eigenvalue weighted by Crippen LogP contribution is 2.28. The molecule has 1 amide bonds. The molecule has 6 heteroatoms. The van der Waals surface area contributed by atoms with Gasteiger partial charge in [-0.2, -0.15) is 0 Å². The smallest absolute Gasteiger partial charge is 0.241 e. The molecule has 2 aromatic heterocycles. The number of nitrogen functional groups attached to an aromatic ring is 1. The summed E-state index contributed by atoms with van der Waals surface area (Å²) in [5.41, 5.74) is 8.27. The molecule has 6 nitrogen and oxygen atoms in total. The minimum atomic E-state index is -0.140. The summed E-state index contributed by atoms with van der Waals surface area (Å²) in [6, 6.07) is 6.98. The largest absolute Gasteiger partial charge is 0.397 e. The third-order valence-electron chi connectivity index (χ3n) is 3.51. The van der Waals surface area contributed by atoms with Crippen molar-refractivity contribution in [2.75, 3.05) is 17.6 Å². The lowest BCUT2D eigenvalue weighted by Crippen LogP contribution is -2.35. The molecule has 0 bridgehead atoms. The summed E-state index contributed by atoms with van der Waals surface area (Å²) in [4.78, 5) is 20.8. The molecular formula is C15H17N5O. The highest BCUT2D eigenvalue weighted by molar-refractivity contribution is 5.98. The van der Waals surface area contributed by atoms with Crippen molar-refractivity contribution < 1.29 is 4.79 Å². The van der Waals surface area contributed by atoms with E-state index < -0.39 is 0 Å². The molecule has 4 N–H and O–H groups in total. The number of hydrogen-bond acceptors (Lipinski definition) is 5. The Morgan fingerprint density at radius 2 is 2.00 bits per heavy atom. The van der Waals surface area contributed by atoms with Gasteiger partial charge >= 0.3 is 0 Å². The molecule has 1 aliphatic heterocycles. The normalized spacial score (nSPS) is 17.6. The molecule has 1 fully saturated rings. The van der Waals surface area contributed by atoms with Gasteiger partial charge in [-0.15, -0.1) is 0 Å². The van der Waals surface area contributed by atoms with Crippen molar-refractivity contribution >= 4 is 17.3 Å². The van der Waals surface area contributed by atoms with Gasteiger partial charge in [0.25, 0.3) is 0 Å². The van der Waals surface area contributed by atoms with Crippen LogP contribution in [0.3, 0.4) is 0 Å². The third kappa shape index (κ3) is 2.85. The van der Waals surface area contributed by atoms with Gasteiger partial charge in [-0.3, -0.25) is 14.8 Å². The van der Waals surface area contributed by atoms with Crippen LogP contribution in [-0.2, 0) is 4.79 Å². The van der Waals surface area contributed by atoms with E-state index in [0.717, 1.165) is 19.4 Å². The van der Waals surface area contributed by atoms with E-state index in [2.05, 4.69) is 20.6 Å². The van der Waals surface area contributed by atoms with Crippen LogP contribution in [0, 0.1) is 0 Å². The zero-order valence-corrected chi connectivity index (χ0v) is 11.5. The van der Waals surface area contributed by atoms with Gasteiger partial charge in [-0.25, -0.2) is 0 Å². The third-order valence-corrected chi connectivity index (χ3v) is 3.51. The molecule has 0 saturated carbocycles. The summed E-state index contributed by atoms with van der Waals surface area (Å²) >= 11 is 0. The van der Waals surface area contributed by atoms with Crippen molar-refractivity contribution in [3.8, 4) is 11.4 Å². The molecule has 0 aromatic carbocycles. The first-order valence-corrected chi connectivity index (χ1v) is 6.96. The van der Waals surface area contributed by atoms with E-state index in [1.165, 1.54) is 0 Å². The maximum atomic E-state index is 12.2. The fraction of sp³-hybridized carbons (Fsp3) is 0.267. The molecule has 0 radical (unpaired) electrons. The Morgan fingerprint density at radius 3 is 2.71 bits per heavy atom. The van der Waals surface area contributed by atoms with Gasteiger partial charge in [0.1, 0.15) is 11.4 Å². The Bertz CT molecular complexity index is 652. The van der Waals surface area contributed by atoms with Crippen LogP contribution in [0.4, 0.5) is 11.4 Å². The SMILES string of the molecule is Nc1cccnc1-c1ncccc1NC(=O)[C@@H]1CCCN1. The maximum Gasteiger partial charge on any atom is 0.241 e. The maximum absolute atomic E-state index is 12.2. The Hall–Kier alpha value is -2.47. The van der Waals surface area contributed by atoms with Crippen LogP contribution in [0.2, 0.25) is 0 Å². The summed E-state index contributed by atoms with van der Waals surface area (Å²) in [5.74, 6) is -0.0451. The molecule has 2 aromatic rings.